The molecule has 1 aromatic carbocycles. The minimum absolute atomic E-state index is 0.122. The minimum atomic E-state index is -0.153. The Morgan fingerprint density at radius 3 is 2.63 bits per heavy atom. The summed E-state index contributed by atoms with van der Waals surface area (Å²) < 4.78 is 5.47. The molecule has 1 amide bonds. The van der Waals surface area contributed by atoms with E-state index in [0.717, 1.165) is 68.8 Å². The van der Waals surface area contributed by atoms with Gasteiger partial charge in [0.05, 0.1) is 12.2 Å². The van der Waals surface area contributed by atoms with Crippen LogP contribution in [-0.2, 0) is 22.5 Å². The van der Waals surface area contributed by atoms with Crippen LogP contribution in [0.3, 0.4) is 0 Å². The molecule has 4 heterocycles. The fourth-order valence-corrected chi connectivity index (χ4v) is 5.61. The lowest BCUT2D eigenvalue weighted by atomic mass is 9.93. The molecule has 0 radical (unpaired) electrons. The topological polar surface area (TPSA) is 73.8 Å². The van der Waals surface area contributed by atoms with Crippen molar-refractivity contribution in [1.82, 2.24) is 19.8 Å². The van der Waals surface area contributed by atoms with Crippen LogP contribution >= 0.6 is 0 Å². The highest BCUT2D eigenvalue weighted by molar-refractivity contribution is 5.86. The summed E-state index contributed by atoms with van der Waals surface area (Å²) in [5, 5.41) is 3.48. The molecular weight excluding hydrogens is 440 g/mol. The zero-order chi connectivity index (χ0) is 24.4. The number of ether oxygens (including phenoxy) is 1. The summed E-state index contributed by atoms with van der Waals surface area (Å²) in [5.41, 5.74) is 3.23. The van der Waals surface area contributed by atoms with Gasteiger partial charge in [0.2, 0.25) is 11.9 Å². The molecule has 0 unspecified atom stereocenters. The maximum absolute atomic E-state index is 14.0. The SMILES string of the molecule is C[C@@H]1Cc2cnc(NC3CCOCC3)nc2CN1C(=O)[C@@H]1CC[C@@H](N(C)C)CN1c1ccccc1. The normalized spacial score (nSPS) is 25.4. The van der Waals surface area contributed by atoms with Crippen molar-refractivity contribution in [2.24, 2.45) is 0 Å². The number of hydrogen-bond donors (Lipinski definition) is 1. The van der Waals surface area contributed by atoms with Gasteiger partial charge in [0, 0.05) is 49.8 Å². The Hall–Kier alpha value is -2.71. The number of likely N-dealkylation sites (N-methyl/N-ethyl adjacent to an activating group) is 1. The summed E-state index contributed by atoms with van der Waals surface area (Å²) in [5.74, 6) is 0.872. The summed E-state index contributed by atoms with van der Waals surface area (Å²) in [4.78, 5) is 30.1. The van der Waals surface area contributed by atoms with Gasteiger partial charge in [0.25, 0.3) is 0 Å². The van der Waals surface area contributed by atoms with Crippen molar-refractivity contribution >= 4 is 17.5 Å². The van der Waals surface area contributed by atoms with Gasteiger partial charge in [-0.05, 0) is 70.8 Å². The number of rotatable bonds is 5. The molecule has 35 heavy (non-hydrogen) atoms. The molecule has 1 N–H and O–H groups in total. The largest absolute Gasteiger partial charge is 0.381 e. The Kier molecular flexibility index (Phi) is 7.20. The van der Waals surface area contributed by atoms with Crippen LogP contribution in [0.5, 0.6) is 0 Å². The summed E-state index contributed by atoms with van der Waals surface area (Å²) in [6.45, 7) is 5.09. The molecule has 2 aromatic rings. The maximum Gasteiger partial charge on any atom is 0.245 e. The number of hydrogen-bond acceptors (Lipinski definition) is 7. The fourth-order valence-electron chi connectivity index (χ4n) is 5.61. The van der Waals surface area contributed by atoms with Crippen molar-refractivity contribution in [3.8, 4) is 0 Å². The zero-order valence-electron chi connectivity index (χ0n) is 21.2. The lowest BCUT2D eigenvalue weighted by Crippen LogP contribution is -2.58. The summed E-state index contributed by atoms with van der Waals surface area (Å²) in [6.07, 6.45) is 6.54. The lowest BCUT2D eigenvalue weighted by molar-refractivity contribution is -0.136. The van der Waals surface area contributed by atoms with Crippen LogP contribution < -0.4 is 10.2 Å². The third kappa shape index (κ3) is 5.28. The Labute approximate surface area is 208 Å². The number of benzene rings is 1. The van der Waals surface area contributed by atoms with E-state index in [2.05, 4.69) is 65.4 Å². The van der Waals surface area contributed by atoms with Crippen molar-refractivity contribution in [2.45, 2.75) is 69.7 Å². The standard InChI is InChI=1S/C27H38N6O2/c1-19-15-20-16-28-27(29-21-11-13-35-14-12-21)30-24(20)18-32(19)26(34)25-10-9-23(31(2)3)17-33(25)22-7-5-4-6-8-22/h4-8,16,19,21,23,25H,9-15,17-18H2,1-3H3,(H,28,29,30)/t19-,23-,25+/m1/s1. The highest BCUT2D eigenvalue weighted by Gasteiger charge is 2.39. The van der Waals surface area contributed by atoms with Crippen molar-refractivity contribution in [3.63, 3.8) is 0 Å². The highest BCUT2D eigenvalue weighted by atomic mass is 16.5. The van der Waals surface area contributed by atoms with Crippen LogP contribution in [0.1, 0.15) is 43.9 Å². The van der Waals surface area contributed by atoms with E-state index < -0.39 is 0 Å². The number of nitrogens with zero attached hydrogens (tertiary/aromatic N) is 5. The first-order valence-corrected chi connectivity index (χ1v) is 13.0. The number of amides is 1. The number of anilines is 2. The first-order valence-electron chi connectivity index (χ1n) is 13.0. The molecule has 0 spiro atoms. The molecule has 0 bridgehead atoms. The Morgan fingerprint density at radius 2 is 1.89 bits per heavy atom. The van der Waals surface area contributed by atoms with E-state index in [9.17, 15) is 4.79 Å². The van der Waals surface area contributed by atoms with Gasteiger partial charge in [-0.15, -0.1) is 0 Å². The third-order valence-electron chi connectivity index (χ3n) is 7.82. The second-order valence-electron chi connectivity index (χ2n) is 10.4. The molecule has 3 atom stereocenters. The first kappa shape index (κ1) is 24.0. The highest BCUT2D eigenvalue weighted by Crippen LogP contribution is 2.30. The Balaban J connectivity index is 1.34. The van der Waals surface area contributed by atoms with Crippen molar-refractivity contribution < 1.29 is 9.53 Å². The molecule has 5 rings (SSSR count). The van der Waals surface area contributed by atoms with E-state index in [1.165, 1.54) is 0 Å². The average Bonchev–Trinajstić information content (AvgIpc) is 2.89. The molecular formula is C27H38N6O2. The Bertz CT molecular complexity index is 1010. The summed E-state index contributed by atoms with van der Waals surface area (Å²) >= 11 is 0. The van der Waals surface area contributed by atoms with Gasteiger partial charge in [0.15, 0.2) is 0 Å². The molecule has 188 valence electrons. The smallest absolute Gasteiger partial charge is 0.245 e. The van der Waals surface area contributed by atoms with E-state index in [4.69, 9.17) is 9.72 Å². The van der Waals surface area contributed by atoms with Gasteiger partial charge < -0.3 is 24.8 Å². The molecule has 1 aromatic heterocycles. The molecule has 0 aliphatic carbocycles. The molecule has 8 nitrogen and oxygen atoms in total. The predicted octanol–water partition coefficient (Wildman–Crippen LogP) is 2.94. The minimum Gasteiger partial charge on any atom is -0.381 e. The second kappa shape index (κ2) is 10.5. The van der Waals surface area contributed by atoms with Crippen molar-refractivity contribution in [1.29, 1.82) is 0 Å². The molecule has 2 saturated heterocycles. The molecule has 2 fully saturated rings. The maximum atomic E-state index is 14.0. The van der Waals surface area contributed by atoms with Crippen molar-refractivity contribution in [3.05, 3.63) is 47.8 Å². The number of carbonyl (C=O) groups is 1. The first-order chi connectivity index (χ1) is 17.0. The van der Waals surface area contributed by atoms with E-state index in [1.54, 1.807) is 0 Å². The van der Waals surface area contributed by atoms with Gasteiger partial charge in [-0.2, -0.15) is 0 Å². The van der Waals surface area contributed by atoms with Gasteiger partial charge in [-0.3, -0.25) is 4.79 Å². The van der Waals surface area contributed by atoms with Crippen LogP contribution in [0.15, 0.2) is 36.5 Å². The van der Waals surface area contributed by atoms with Crippen LogP contribution in [0.25, 0.3) is 0 Å². The summed E-state index contributed by atoms with van der Waals surface area (Å²) in [7, 11) is 4.26. The number of piperidine rings is 1. The van der Waals surface area contributed by atoms with Gasteiger partial charge in [-0.1, -0.05) is 18.2 Å². The van der Waals surface area contributed by atoms with Crippen LogP contribution in [-0.4, -0.2) is 83.7 Å². The number of aromatic nitrogens is 2. The molecule has 3 aliphatic heterocycles. The van der Waals surface area contributed by atoms with Crippen LogP contribution in [0, 0.1) is 0 Å². The van der Waals surface area contributed by atoms with E-state index >= 15 is 0 Å². The van der Waals surface area contributed by atoms with E-state index in [-0.39, 0.29) is 18.0 Å². The quantitative estimate of drug-likeness (QED) is 0.708. The average molecular weight is 479 g/mol. The Morgan fingerprint density at radius 1 is 1.11 bits per heavy atom. The number of carbonyl (C=O) groups excluding carboxylic acids is 1. The monoisotopic (exact) mass is 478 g/mol. The zero-order valence-corrected chi connectivity index (χ0v) is 21.2. The van der Waals surface area contributed by atoms with Crippen molar-refractivity contribution in [2.75, 3.05) is 44.1 Å². The number of nitrogens with one attached hydrogen (secondary N) is 1. The van der Waals surface area contributed by atoms with Gasteiger partial charge >= 0.3 is 0 Å². The van der Waals surface area contributed by atoms with Gasteiger partial charge in [-0.25, -0.2) is 9.97 Å². The lowest BCUT2D eigenvalue weighted by Gasteiger charge is -2.45. The fraction of sp³-hybridized carbons (Fsp3) is 0.593. The van der Waals surface area contributed by atoms with E-state index in [0.29, 0.717) is 24.6 Å². The second-order valence-corrected chi connectivity index (χ2v) is 10.4. The third-order valence-corrected chi connectivity index (χ3v) is 7.82. The number of para-hydroxylation sites is 1. The number of fused-ring (bicyclic) bond motifs is 1. The van der Waals surface area contributed by atoms with Crippen LogP contribution in [0.2, 0.25) is 0 Å². The summed E-state index contributed by atoms with van der Waals surface area (Å²) in [6, 6.07) is 11.1. The molecule has 8 heteroatoms. The molecule has 0 saturated carbocycles. The molecule has 3 aliphatic rings. The van der Waals surface area contributed by atoms with E-state index in [1.807, 2.05) is 17.2 Å². The van der Waals surface area contributed by atoms with Gasteiger partial charge in [0.1, 0.15) is 6.04 Å². The predicted molar refractivity (Wildman–Crippen MR) is 137 cm³/mol. The van der Waals surface area contributed by atoms with Crippen LogP contribution in [0.4, 0.5) is 11.6 Å².